The fourth-order valence-corrected chi connectivity index (χ4v) is 10.6. The molecular formula is C64H74ClN11O13. The van der Waals surface area contributed by atoms with E-state index in [0.29, 0.717) is 63.4 Å². The van der Waals surface area contributed by atoms with Crippen molar-refractivity contribution in [3.8, 4) is 11.5 Å². The summed E-state index contributed by atoms with van der Waals surface area (Å²) in [5, 5.41) is 16.1. The maximum Gasteiger partial charge on any atom is 0.419 e. The summed E-state index contributed by atoms with van der Waals surface area (Å²) in [6, 6.07) is 26.9. The number of fused-ring (bicyclic) bond motifs is 4. The van der Waals surface area contributed by atoms with Gasteiger partial charge in [0.2, 0.25) is 17.7 Å². The van der Waals surface area contributed by atoms with Gasteiger partial charge in [-0.3, -0.25) is 43.5 Å². The van der Waals surface area contributed by atoms with Crippen molar-refractivity contribution in [2.24, 2.45) is 11.7 Å². The number of alkyl halides is 1. The average molecular weight is 1240 g/mol. The number of halogens is 1. The van der Waals surface area contributed by atoms with Crippen LogP contribution in [0.5, 0.6) is 11.5 Å². The number of urea groups is 1. The molecule has 0 unspecified atom stereocenters. The lowest BCUT2D eigenvalue weighted by Gasteiger charge is -2.25. The summed E-state index contributed by atoms with van der Waals surface area (Å²) < 4.78 is 23.9. The van der Waals surface area contributed by atoms with Gasteiger partial charge >= 0.3 is 18.2 Å². The number of benzene rings is 5. The SMILES string of the molecule is CC(C)[C@H](NCCNC(=O)CCCN1C(=O)C=CC1=O)C(=O)N[C@@H](CCCNC(N)=O)C(=O)Nc1ccc(COC(=O)N(C)c2ccccc2N(C)C(=O)Oc2cc3c(c4ccccc24)[C@H](CCl)CN3C(=O)c2cc3cc(OCCN(C)C)ccc3o2)cc1. The van der Waals surface area contributed by atoms with E-state index in [9.17, 15) is 43.2 Å². The third-order valence-electron chi connectivity index (χ3n) is 15.0. The van der Waals surface area contributed by atoms with Crippen LogP contribution in [0.3, 0.4) is 0 Å². The molecule has 0 radical (unpaired) electrons. The van der Waals surface area contributed by atoms with Gasteiger partial charge in [-0.15, -0.1) is 11.6 Å². The molecule has 24 nitrogen and oxygen atoms in total. The highest BCUT2D eigenvalue weighted by Gasteiger charge is 2.37. The second-order valence-corrected chi connectivity index (χ2v) is 22.4. The van der Waals surface area contributed by atoms with Crippen LogP contribution in [0.4, 0.5) is 37.1 Å². The zero-order valence-corrected chi connectivity index (χ0v) is 51.2. The molecule has 10 amide bonds. The number of furan rings is 1. The molecule has 1 aromatic heterocycles. The summed E-state index contributed by atoms with van der Waals surface area (Å²) in [4.78, 5) is 125. The lowest BCUT2D eigenvalue weighted by molar-refractivity contribution is -0.137. The van der Waals surface area contributed by atoms with Crippen LogP contribution in [0.1, 0.15) is 67.1 Å². The number of hydrogen-bond acceptors (Lipinski definition) is 15. The summed E-state index contributed by atoms with van der Waals surface area (Å²) >= 11 is 6.60. The lowest BCUT2D eigenvalue weighted by atomic mass is 9.95. The Kier molecular flexibility index (Phi) is 22.4. The average Bonchev–Trinajstić information content (AvgIpc) is 1.78. The highest BCUT2D eigenvalue weighted by atomic mass is 35.5. The molecule has 0 saturated carbocycles. The summed E-state index contributed by atoms with van der Waals surface area (Å²) in [5.41, 5.74) is 8.70. The van der Waals surface area contributed by atoms with Crippen molar-refractivity contribution in [2.45, 2.75) is 64.1 Å². The highest BCUT2D eigenvalue weighted by Crippen LogP contribution is 2.46. The van der Waals surface area contributed by atoms with Crippen LogP contribution in [-0.2, 0) is 35.3 Å². The Morgan fingerprint density at radius 2 is 1.46 bits per heavy atom. The van der Waals surface area contributed by atoms with Crippen molar-refractivity contribution in [3.05, 3.63) is 132 Å². The molecule has 0 aliphatic carbocycles. The molecule has 3 atom stereocenters. The third-order valence-corrected chi connectivity index (χ3v) is 15.4. The molecule has 0 bridgehead atoms. The fourth-order valence-electron chi connectivity index (χ4n) is 10.3. The van der Waals surface area contributed by atoms with Crippen LogP contribution in [0.2, 0.25) is 0 Å². The van der Waals surface area contributed by atoms with E-state index >= 15 is 0 Å². The first kappa shape index (κ1) is 65.5. The Balaban J connectivity index is 0.867. The minimum absolute atomic E-state index is 0.0869. The Morgan fingerprint density at radius 1 is 0.775 bits per heavy atom. The maximum absolute atomic E-state index is 14.4. The van der Waals surface area contributed by atoms with E-state index in [1.54, 1.807) is 77.7 Å². The minimum atomic E-state index is -1.04. The molecule has 2 aliphatic heterocycles. The first-order valence-corrected chi connectivity index (χ1v) is 29.7. The molecule has 0 saturated heterocycles. The second kappa shape index (κ2) is 30.4. The van der Waals surface area contributed by atoms with Crippen molar-refractivity contribution in [3.63, 3.8) is 0 Å². The summed E-state index contributed by atoms with van der Waals surface area (Å²) in [5.74, 6) is -1.83. The van der Waals surface area contributed by atoms with Crippen molar-refractivity contribution in [1.82, 2.24) is 31.1 Å². The molecule has 5 aromatic carbocycles. The Bertz CT molecular complexity index is 3610. The first-order valence-electron chi connectivity index (χ1n) is 29.2. The number of nitrogens with two attached hydrogens (primary N) is 1. The van der Waals surface area contributed by atoms with Gasteiger partial charge in [0.25, 0.3) is 17.7 Å². The monoisotopic (exact) mass is 1240 g/mol. The van der Waals surface area contributed by atoms with Gasteiger partial charge in [-0.05, 0) is 104 Å². The Morgan fingerprint density at radius 3 is 2.13 bits per heavy atom. The molecule has 3 heterocycles. The molecule has 8 rings (SSSR count). The number of anilines is 4. The molecule has 0 fully saturated rings. The van der Waals surface area contributed by atoms with Gasteiger partial charge in [-0.2, -0.15) is 0 Å². The van der Waals surface area contributed by atoms with Crippen LogP contribution >= 0.6 is 11.6 Å². The second-order valence-electron chi connectivity index (χ2n) is 22.1. The van der Waals surface area contributed by atoms with E-state index < -0.39 is 59.8 Å². The molecule has 6 aromatic rings. The predicted octanol–water partition coefficient (Wildman–Crippen LogP) is 7.22. The van der Waals surface area contributed by atoms with Gasteiger partial charge in [0, 0.05) is 106 Å². The number of amides is 10. The van der Waals surface area contributed by atoms with Crippen molar-refractivity contribution >= 4 is 110 Å². The topological polar surface area (TPSA) is 297 Å². The molecule has 7 N–H and O–H groups in total. The fraction of sp³-hybridized carbons (Fsp3) is 0.359. The van der Waals surface area contributed by atoms with Gasteiger partial charge < -0.3 is 60.7 Å². The number of carbonyl (C=O) groups excluding carboxylic acids is 9. The predicted molar refractivity (Wildman–Crippen MR) is 337 cm³/mol. The molecule has 25 heteroatoms. The van der Waals surface area contributed by atoms with E-state index in [-0.39, 0.29) is 93.7 Å². The summed E-state index contributed by atoms with van der Waals surface area (Å²) in [6.45, 7) is 5.62. The van der Waals surface area contributed by atoms with Crippen LogP contribution in [0, 0.1) is 5.92 Å². The number of nitrogens with zero attached hydrogens (tertiary/aromatic N) is 5. The zero-order chi connectivity index (χ0) is 63.9. The maximum atomic E-state index is 14.4. The van der Waals surface area contributed by atoms with Crippen LogP contribution in [-0.4, -0.2) is 155 Å². The van der Waals surface area contributed by atoms with E-state index in [4.69, 9.17) is 36.0 Å². The number of hydrogen-bond donors (Lipinski definition) is 6. The summed E-state index contributed by atoms with van der Waals surface area (Å²) in [6.07, 6.45) is 1.64. The number of carbonyl (C=O) groups is 9. The number of rotatable bonds is 28. The van der Waals surface area contributed by atoms with Crippen LogP contribution in [0.25, 0.3) is 21.7 Å². The molecule has 470 valence electrons. The number of para-hydroxylation sites is 2. The van der Waals surface area contributed by atoms with Gasteiger partial charge in [-0.25, -0.2) is 14.4 Å². The van der Waals surface area contributed by atoms with Gasteiger partial charge in [0.05, 0.1) is 23.1 Å². The van der Waals surface area contributed by atoms with E-state index in [1.807, 2.05) is 63.2 Å². The molecule has 89 heavy (non-hydrogen) atoms. The van der Waals surface area contributed by atoms with Crippen molar-refractivity contribution < 1.29 is 61.8 Å². The largest absolute Gasteiger partial charge is 0.492 e. The number of ether oxygens (including phenoxy) is 3. The molecular weight excluding hydrogens is 1170 g/mol. The normalized spacial score (nSPS) is 14.2. The quantitative estimate of drug-likeness (QED) is 0.0160. The van der Waals surface area contributed by atoms with Crippen LogP contribution in [0.15, 0.2) is 120 Å². The van der Waals surface area contributed by atoms with E-state index in [0.717, 1.165) is 22.4 Å². The minimum Gasteiger partial charge on any atom is -0.492 e. The lowest BCUT2D eigenvalue weighted by Crippen LogP contribution is -2.54. The molecule has 2 aliphatic rings. The number of likely N-dealkylation sites (N-methyl/N-ethyl adjacent to an activating group) is 1. The van der Waals surface area contributed by atoms with Gasteiger partial charge in [0.15, 0.2) is 5.76 Å². The molecule has 0 spiro atoms. The van der Waals surface area contributed by atoms with Gasteiger partial charge in [-0.1, -0.05) is 62.4 Å². The summed E-state index contributed by atoms with van der Waals surface area (Å²) in [7, 11) is 6.94. The van der Waals surface area contributed by atoms with E-state index in [2.05, 4.69) is 26.6 Å². The highest BCUT2D eigenvalue weighted by molar-refractivity contribution is 6.19. The van der Waals surface area contributed by atoms with Gasteiger partial charge in [0.1, 0.15) is 36.3 Å². The first-order chi connectivity index (χ1) is 42.7. The smallest absolute Gasteiger partial charge is 0.419 e. The number of nitrogens with one attached hydrogen (secondary N) is 5. The van der Waals surface area contributed by atoms with Crippen molar-refractivity contribution in [1.29, 1.82) is 0 Å². The Hall–Kier alpha value is -9.52. The standard InChI is InChI=1S/C64H74ClN11O13/c1-39(2)58(68-29-28-67-54(77)18-12-30-75-55(78)25-26-56(75)79)60(81)71-47(15-11-27-69-62(66)83)59(80)70-43-21-19-40(20-22-43)38-87-63(84)73(5)48-16-9-10-17-49(48)74(6)64(85)89-52-35-50-57(46-14-8-7-13-45(46)52)42(36-65)37-76(50)61(82)53-34-41-33-44(23-24-51(41)88-53)86-32-31-72(3)4/h7-10,13-14,16-17,19-26,33-35,39,42,47,58,68H,11-12,15,18,27-32,36-38H2,1-6H3,(H,67,77)(H,70,80)(H,71,81)(H3,66,69,83)/t42-,47+,58+/m1/s1. The van der Waals surface area contributed by atoms with Crippen LogP contribution < -0.4 is 56.5 Å². The zero-order valence-electron chi connectivity index (χ0n) is 50.5. The third kappa shape index (κ3) is 16.8. The van der Waals surface area contributed by atoms with Crippen molar-refractivity contribution in [2.75, 3.05) is 100.0 Å². The van der Waals surface area contributed by atoms with E-state index in [1.165, 1.54) is 36.0 Å². The number of imide groups is 1. The number of primary amides is 1. The Labute approximate surface area is 519 Å².